The Morgan fingerprint density at radius 1 is 1.07 bits per heavy atom. The first-order valence-electron chi connectivity index (χ1n) is 5.90. The minimum absolute atomic E-state index is 0.0495. The van der Waals surface area contributed by atoms with Gasteiger partial charge in [0, 0.05) is 20.3 Å². The predicted molar refractivity (Wildman–Crippen MR) is 64.3 cm³/mol. The van der Waals surface area contributed by atoms with Gasteiger partial charge in [-0.2, -0.15) is 0 Å². The van der Waals surface area contributed by atoms with E-state index in [-0.39, 0.29) is 5.60 Å². The number of methoxy groups -OCH3 is 1. The summed E-state index contributed by atoms with van der Waals surface area (Å²) in [5, 5.41) is 3.14. The number of hydrogen-bond acceptors (Lipinski definition) is 3. The average Bonchev–Trinajstić information content (AvgIpc) is 2.22. The summed E-state index contributed by atoms with van der Waals surface area (Å²) in [7, 11) is 3.74. The second kappa shape index (κ2) is 9.13. The number of hydrogen-bond donors (Lipinski definition) is 1. The molecule has 0 aromatic carbocycles. The Morgan fingerprint density at radius 3 is 2.40 bits per heavy atom. The highest BCUT2D eigenvalue weighted by Crippen LogP contribution is 2.12. The van der Waals surface area contributed by atoms with Gasteiger partial charge in [0.2, 0.25) is 0 Å². The van der Waals surface area contributed by atoms with Crippen LogP contribution in [0.3, 0.4) is 0 Å². The van der Waals surface area contributed by atoms with E-state index < -0.39 is 0 Å². The third-order valence-corrected chi connectivity index (χ3v) is 2.62. The van der Waals surface area contributed by atoms with E-state index in [2.05, 4.69) is 19.2 Å². The summed E-state index contributed by atoms with van der Waals surface area (Å²) in [5.41, 5.74) is -0.0495. The SMILES string of the molecule is CNCCCCCOCCC(C)(C)OC. The summed E-state index contributed by atoms with van der Waals surface area (Å²) in [4.78, 5) is 0. The molecule has 0 bridgehead atoms. The normalized spacial score (nSPS) is 12.0. The Balaban J connectivity index is 3.11. The van der Waals surface area contributed by atoms with Gasteiger partial charge in [-0.3, -0.25) is 0 Å². The van der Waals surface area contributed by atoms with Crippen LogP contribution in [0, 0.1) is 0 Å². The van der Waals surface area contributed by atoms with E-state index in [9.17, 15) is 0 Å². The Morgan fingerprint density at radius 2 is 1.80 bits per heavy atom. The zero-order valence-electron chi connectivity index (χ0n) is 10.8. The Bertz CT molecular complexity index is 138. The van der Waals surface area contributed by atoms with Crippen molar-refractivity contribution in [2.24, 2.45) is 0 Å². The molecule has 0 aromatic heterocycles. The molecule has 3 heteroatoms. The van der Waals surface area contributed by atoms with Gasteiger partial charge in [-0.05, 0) is 53.1 Å². The molecule has 0 spiro atoms. The van der Waals surface area contributed by atoms with Gasteiger partial charge >= 0.3 is 0 Å². The van der Waals surface area contributed by atoms with Crippen LogP contribution in [0.15, 0.2) is 0 Å². The lowest BCUT2D eigenvalue weighted by molar-refractivity contribution is -0.0101. The van der Waals surface area contributed by atoms with Crippen LogP contribution in [0.1, 0.15) is 39.5 Å². The van der Waals surface area contributed by atoms with Crippen LogP contribution in [0.2, 0.25) is 0 Å². The largest absolute Gasteiger partial charge is 0.381 e. The smallest absolute Gasteiger partial charge is 0.0644 e. The molecule has 0 unspecified atom stereocenters. The molecule has 15 heavy (non-hydrogen) atoms. The highest BCUT2D eigenvalue weighted by atomic mass is 16.5. The zero-order chi connectivity index (χ0) is 11.6. The predicted octanol–water partition coefficient (Wildman–Crippen LogP) is 2.21. The summed E-state index contributed by atoms with van der Waals surface area (Å²) < 4.78 is 10.9. The Kier molecular flexibility index (Phi) is 9.06. The van der Waals surface area contributed by atoms with Crippen LogP contribution in [-0.4, -0.2) is 39.5 Å². The molecular formula is C12H27NO2. The highest BCUT2D eigenvalue weighted by molar-refractivity contribution is 4.66. The van der Waals surface area contributed by atoms with Gasteiger partial charge < -0.3 is 14.8 Å². The van der Waals surface area contributed by atoms with Gasteiger partial charge in [-0.15, -0.1) is 0 Å². The molecule has 0 aliphatic heterocycles. The molecule has 0 amide bonds. The van der Waals surface area contributed by atoms with Crippen LogP contribution in [-0.2, 0) is 9.47 Å². The summed E-state index contributed by atoms with van der Waals surface area (Å²) in [6.07, 6.45) is 4.60. The second-order valence-corrected chi connectivity index (χ2v) is 4.49. The van der Waals surface area contributed by atoms with Crippen molar-refractivity contribution in [2.75, 3.05) is 33.9 Å². The lowest BCUT2D eigenvalue weighted by Crippen LogP contribution is -2.24. The van der Waals surface area contributed by atoms with Crippen LogP contribution in [0.5, 0.6) is 0 Å². The molecular weight excluding hydrogens is 190 g/mol. The van der Waals surface area contributed by atoms with Gasteiger partial charge in [0.15, 0.2) is 0 Å². The van der Waals surface area contributed by atoms with Crippen LogP contribution in [0.4, 0.5) is 0 Å². The Labute approximate surface area is 94.5 Å². The van der Waals surface area contributed by atoms with E-state index in [0.29, 0.717) is 0 Å². The summed E-state index contributed by atoms with van der Waals surface area (Å²) in [6.45, 7) is 6.96. The number of rotatable bonds is 10. The zero-order valence-corrected chi connectivity index (χ0v) is 10.8. The third-order valence-electron chi connectivity index (χ3n) is 2.62. The summed E-state index contributed by atoms with van der Waals surface area (Å²) in [5.74, 6) is 0. The Hall–Kier alpha value is -0.120. The molecule has 0 aliphatic rings. The van der Waals surface area contributed by atoms with E-state index in [4.69, 9.17) is 9.47 Å². The maximum absolute atomic E-state index is 5.55. The van der Waals surface area contributed by atoms with E-state index in [1.165, 1.54) is 12.8 Å². The number of ether oxygens (including phenoxy) is 2. The fraction of sp³-hybridized carbons (Fsp3) is 1.00. The van der Waals surface area contributed by atoms with Crippen molar-refractivity contribution < 1.29 is 9.47 Å². The van der Waals surface area contributed by atoms with Gasteiger partial charge in [0.1, 0.15) is 0 Å². The molecule has 0 saturated heterocycles. The molecule has 0 heterocycles. The molecule has 1 N–H and O–H groups in total. The first-order chi connectivity index (χ1) is 7.12. The summed E-state index contributed by atoms with van der Waals surface area (Å²) >= 11 is 0. The molecule has 0 fully saturated rings. The first kappa shape index (κ1) is 14.9. The van der Waals surface area contributed by atoms with Crippen molar-refractivity contribution >= 4 is 0 Å². The standard InChI is InChI=1S/C12H27NO2/c1-12(2,14-4)8-11-15-10-7-5-6-9-13-3/h13H,5-11H2,1-4H3. The quantitative estimate of drug-likeness (QED) is 0.569. The summed E-state index contributed by atoms with van der Waals surface area (Å²) in [6, 6.07) is 0. The number of nitrogens with one attached hydrogen (secondary N) is 1. The maximum atomic E-state index is 5.55. The molecule has 0 rings (SSSR count). The average molecular weight is 217 g/mol. The molecule has 3 nitrogen and oxygen atoms in total. The molecule has 0 saturated carbocycles. The van der Waals surface area contributed by atoms with Gasteiger partial charge in [0.05, 0.1) is 5.60 Å². The van der Waals surface area contributed by atoms with Crippen molar-refractivity contribution in [2.45, 2.75) is 45.1 Å². The van der Waals surface area contributed by atoms with Crippen LogP contribution < -0.4 is 5.32 Å². The minimum atomic E-state index is -0.0495. The van der Waals surface area contributed by atoms with E-state index in [1.54, 1.807) is 7.11 Å². The fourth-order valence-corrected chi connectivity index (χ4v) is 1.20. The molecule has 0 aromatic rings. The minimum Gasteiger partial charge on any atom is -0.381 e. The van der Waals surface area contributed by atoms with Crippen molar-refractivity contribution in [3.63, 3.8) is 0 Å². The molecule has 0 radical (unpaired) electrons. The first-order valence-corrected chi connectivity index (χ1v) is 5.90. The van der Waals surface area contributed by atoms with Gasteiger partial charge in [0.25, 0.3) is 0 Å². The van der Waals surface area contributed by atoms with Crippen molar-refractivity contribution in [3.05, 3.63) is 0 Å². The van der Waals surface area contributed by atoms with Crippen molar-refractivity contribution in [1.82, 2.24) is 5.32 Å². The molecule has 92 valence electrons. The van der Waals surface area contributed by atoms with Gasteiger partial charge in [-0.25, -0.2) is 0 Å². The highest BCUT2D eigenvalue weighted by Gasteiger charge is 2.15. The third kappa shape index (κ3) is 10.2. The van der Waals surface area contributed by atoms with Crippen LogP contribution >= 0.6 is 0 Å². The molecule has 0 aliphatic carbocycles. The monoisotopic (exact) mass is 217 g/mol. The maximum Gasteiger partial charge on any atom is 0.0644 e. The van der Waals surface area contributed by atoms with Crippen molar-refractivity contribution in [1.29, 1.82) is 0 Å². The topological polar surface area (TPSA) is 30.5 Å². The van der Waals surface area contributed by atoms with E-state index >= 15 is 0 Å². The fourth-order valence-electron chi connectivity index (χ4n) is 1.20. The van der Waals surface area contributed by atoms with E-state index in [0.717, 1.165) is 32.6 Å². The lowest BCUT2D eigenvalue weighted by Gasteiger charge is -2.22. The van der Waals surface area contributed by atoms with E-state index in [1.807, 2.05) is 7.05 Å². The number of unbranched alkanes of at least 4 members (excludes halogenated alkanes) is 2. The lowest BCUT2D eigenvalue weighted by atomic mass is 10.1. The second-order valence-electron chi connectivity index (χ2n) is 4.49. The van der Waals surface area contributed by atoms with Crippen LogP contribution in [0.25, 0.3) is 0 Å². The van der Waals surface area contributed by atoms with Gasteiger partial charge in [-0.1, -0.05) is 0 Å². The molecule has 0 atom stereocenters. The van der Waals surface area contributed by atoms with Crippen molar-refractivity contribution in [3.8, 4) is 0 Å².